The van der Waals surface area contributed by atoms with Crippen molar-refractivity contribution in [3.8, 4) is 5.75 Å². The zero-order valence-electron chi connectivity index (χ0n) is 15.3. The number of hydrogen-bond acceptors (Lipinski definition) is 5. The lowest BCUT2D eigenvalue weighted by molar-refractivity contribution is 0.477. The number of benzene rings is 2. The molecule has 5 N–H and O–H groups in total. The van der Waals surface area contributed by atoms with Crippen molar-refractivity contribution < 1.29 is 5.11 Å². The SMILES string of the molecule is CNC(=S)NNC(C)/C(C)=N\NC=Nc1c(O)cc(C)c2ccccc12. The summed E-state index contributed by atoms with van der Waals surface area (Å²) in [6, 6.07) is 9.50. The summed E-state index contributed by atoms with van der Waals surface area (Å²) in [6.07, 6.45) is 1.46. The molecule has 8 heteroatoms. The van der Waals surface area contributed by atoms with Crippen LogP contribution in [0.5, 0.6) is 5.75 Å². The van der Waals surface area contributed by atoms with E-state index in [0.717, 1.165) is 22.0 Å². The van der Waals surface area contributed by atoms with Crippen molar-refractivity contribution in [1.29, 1.82) is 0 Å². The highest BCUT2D eigenvalue weighted by molar-refractivity contribution is 7.80. The second-order valence-electron chi connectivity index (χ2n) is 5.82. The van der Waals surface area contributed by atoms with Crippen molar-refractivity contribution in [2.45, 2.75) is 26.8 Å². The van der Waals surface area contributed by atoms with Crippen LogP contribution in [0.3, 0.4) is 0 Å². The maximum atomic E-state index is 10.2. The predicted octanol–water partition coefficient (Wildman–Crippen LogP) is 2.47. The Hall–Kier alpha value is -2.71. The topological polar surface area (TPSA) is 93.1 Å². The molecule has 2 rings (SSSR count). The number of hydrazine groups is 1. The van der Waals surface area contributed by atoms with Crippen molar-refractivity contribution in [3.05, 3.63) is 35.9 Å². The van der Waals surface area contributed by atoms with E-state index in [4.69, 9.17) is 12.2 Å². The molecule has 138 valence electrons. The van der Waals surface area contributed by atoms with Crippen LogP contribution in [0.2, 0.25) is 0 Å². The molecule has 0 bridgehead atoms. The van der Waals surface area contributed by atoms with Gasteiger partial charge in [0.25, 0.3) is 0 Å². The number of nitrogens with one attached hydrogen (secondary N) is 4. The minimum absolute atomic E-state index is 0.0455. The smallest absolute Gasteiger partial charge is 0.180 e. The molecule has 1 atom stereocenters. The van der Waals surface area contributed by atoms with Crippen LogP contribution in [-0.2, 0) is 0 Å². The molecule has 0 saturated heterocycles. The van der Waals surface area contributed by atoms with Crippen LogP contribution in [0.15, 0.2) is 40.4 Å². The molecule has 0 aliphatic rings. The average Bonchev–Trinajstić information content (AvgIpc) is 2.64. The maximum absolute atomic E-state index is 10.2. The summed E-state index contributed by atoms with van der Waals surface area (Å²) in [7, 11) is 1.74. The molecular weight excluding hydrogens is 348 g/mol. The van der Waals surface area contributed by atoms with Gasteiger partial charge in [0.15, 0.2) is 5.11 Å². The van der Waals surface area contributed by atoms with Gasteiger partial charge in [0, 0.05) is 12.4 Å². The van der Waals surface area contributed by atoms with Gasteiger partial charge in [-0.1, -0.05) is 24.3 Å². The molecule has 0 spiro atoms. The summed E-state index contributed by atoms with van der Waals surface area (Å²) in [4.78, 5) is 4.33. The van der Waals surface area contributed by atoms with Crippen LogP contribution in [0.1, 0.15) is 19.4 Å². The molecule has 0 aromatic heterocycles. The lowest BCUT2D eigenvalue weighted by Crippen LogP contribution is -2.49. The van der Waals surface area contributed by atoms with Crippen LogP contribution in [0.25, 0.3) is 10.8 Å². The van der Waals surface area contributed by atoms with Gasteiger partial charge in [-0.3, -0.25) is 10.9 Å². The number of hydrazone groups is 1. The van der Waals surface area contributed by atoms with Crippen LogP contribution in [0.4, 0.5) is 5.69 Å². The van der Waals surface area contributed by atoms with E-state index >= 15 is 0 Å². The summed E-state index contributed by atoms with van der Waals surface area (Å²) in [5.74, 6) is 0.139. The summed E-state index contributed by atoms with van der Waals surface area (Å²) in [5, 5.41) is 19.7. The quantitative estimate of drug-likeness (QED) is 0.232. The molecule has 0 fully saturated rings. The predicted molar refractivity (Wildman–Crippen MR) is 112 cm³/mol. The van der Waals surface area contributed by atoms with Crippen LogP contribution >= 0.6 is 12.2 Å². The monoisotopic (exact) mass is 372 g/mol. The van der Waals surface area contributed by atoms with Crippen molar-refractivity contribution in [1.82, 2.24) is 21.6 Å². The van der Waals surface area contributed by atoms with Crippen molar-refractivity contribution in [2.24, 2.45) is 10.1 Å². The third kappa shape index (κ3) is 4.90. The van der Waals surface area contributed by atoms with E-state index in [1.54, 1.807) is 13.1 Å². The third-order valence-electron chi connectivity index (χ3n) is 3.95. The summed E-state index contributed by atoms with van der Waals surface area (Å²) in [6.45, 7) is 5.78. The minimum Gasteiger partial charge on any atom is -0.506 e. The lowest BCUT2D eigenvalue weighted by Gasteiger charge is -2.15. The van der Waals surface area contributed by atoms with E-state index in [1.807, 2.05) is 45.0 Å². The number of nitrogens with zero attached hydrogens (tertiary/aromatic N) is 2. The molecule has 7 nitrogen and oxygen atoms in total. The van der Waals surface area contributed by atoms with Crippen LogP contribution in [0, 0.1) is 6.92 Å². The van der Waals surface area contributed by atoms with Gasteiger partial charge in [-0.2, -0.15) is 5.10 Å². The van der Waals surface area contributed by atoms with Gasteiger partial charge in [0.05, 0.1) is 11.8 Å². The Morgan fingerprint density at radius 1 is 1.27 bits per heavy atom. The van der Waals surface area contributed by atoms with E-state index in [1.165, 1.54) is 6.34 Å². The first-order chi connectivity index (χ1) is 12.4. The normalized spacial score (nSPS) is 13.0. The first-order valence-electron chi connectivity index (χ1n) is 8.20. The number of phenolic OH excluding ortho intramolecular Hbond substituents is 1. The molecule has 1 unspecified atom stereocenters. The molecule has 0 radical (unpaired) electrons. The number of aromatic hydroxyl groups is 1. The zero-order chi connectivity index (χ0) is 19.1. The fourth-order valence-corrected chi connectivity index (χ4v) is 2.38. The summed E-state index contributed by atoms with van der Waals surface area (Å²) < 4.78 is 0. The van der Waals surface area contributed by atoms with Crippen LogP contribution in [-0.4, -0.2) is 35.4 Å². The van der Waals surface area contributed by atoms with Gasteiger partial charge in [0.1, 0.15) is 17.8 Å². The fraction of sp³-hybridized carbons (Fsp3) is 0.278. The van der Waals surface area contributed by atoms with Crippen LogP contribution < -0.4 is 21.6 Å². The molecular formula is C18H24N6OS. The first-order valence-corrected chi connectivity index (χ1v) is 8.61. The number of phenols is 1. The molecule has 0 aliphatic carbocycles. The highest BCUT2D eigenvalue weighted by atomic mass is 32.1. The minimum atomic E-state index is -0.0455. The van der Waals surface area contributed by atoms with E-state index in [0.29, 0.717) is 10.8 Å². The van der Waals surface area contributed by atoms with Crippen molar-refractivity contribution >= 4 is 45.8 Å². The summed E-state index contributed by atoms with van der Waals surface area (Å²) >= 11 is 5.00. The molecule has 0 saturated carbocycles. The van der Waals surface area contributed by atoms with Gasteiger partial charge in [0.2, 0.25) is 0 Å². The van der Waals surface area contributed by atoms with E-state index in [9.17, 15) is 5.11 Å². The highest BCUT2D eigenvalue weighted by Crippen LogP contribution is 2.36. The average molecular weight is 372 g/mol. The Bertz CT molecular complexity index is 849. The summed E-state index contributed by atoms with van der Waals surface area (Å²) in [5.41, 5.74) is 11.0. The zero-order valence-corrected chi connectivity index (χ0v) is 16.1. The van der Waals surface area contributed by atoms with Gasteiger partial charge < -0.3 is 10.4 Å². The molecule has 2 aromatic rings. The van der Waals surface area contributed by atoms with Gasteiger partial charge in [-0.05, 0) is 50.0 Å². The fourth-order valence-electron chi connectivity index (χ4n) is 2.32. The van der Waals surface area contributed by atoms with Gasteiger partial charge in [-0.25, -0.2) is 10.4 Å². The van der Waals surface area contributed by atoms with E-state index in [-0.39, 0.29) is 11.8 Å². The van der Waals surface area contributed by atoms with Gasteiger partial charge in [-0.15, -0.1) is 0 Å². The largest absolute Gasteiger partial charge is 0.506 e. The lowest BCUT2D eigenvalue weighted by atomic mass is 10.0. The number of rotatable bonds is 6. The molecule has 0 heterocycles. The number of thiocarbonyl (C=S) groups is 1. The Labute approximate surface area is 158 Å². The van der Waals surface area contributed by atoms with E-state index in [2.05, 4.69) is 31.7 Å². The number of aliphatic imine (C=N–C) groups is 1. The third-order valence-corrected chi connectivity index (χ3v) is 4.26. The Morgan fingerprint density at radius 2 is 1.96 bits per heavy atom. The maximum Gasteiger partial charge on any atom is 0.180 e. The number of fused-ring (bicyclic) bond motifs is 1. The molecule has 2 aromatic carbocycles. The second-order valence-corrected chi connectivity index (χ2v) is 6.23. The van der Waals surface area contributed by atoms with Gasteiger partial charge >= 0.3 is 0 Å². The first kappa shape index (κ1) is 19.6. The number of aryl methyl sites for hydroxylation is 1. The standard InChI is InChI=1S/C18H24N6OS/c1-11-9-16(25)17(15-8-6-5-7-14(11)15)20-10-21-22-12(2)13(3)23-24-18(26)19-4/h5-10,13,23,25H,1-4H3,(H,20,21)(H2,19,24,26)/b22-12-. The highest BCUT2D eigenvalue weighted by Gasteiger charge is 2.08. The Morgan fingerprint density at radius 3 is 2.65 bits per heavy atom. The Kier molecular flexibility index (Phi) is 6.88. The molecule has 0 amide bonds. The molecule has 0 aliphatic heterocycles. The van der Waals surface area contributed by atoms with E-state index < -0.39 is 0 Å². The number of hydrogen-bond donors (Lipinski definition) is 5. The second kappa shape index (κ2) is 9.12. The van der Waals surface area contributed by atoms with Crippen molar-refractivity contribution in [3.63, 3.8) is 0 Å². The molecule has 26 heavy (non-hydrogen) atoms. The van der Waals surface area contributed by atoms with Crippen molar-refractivity contribution in [2.75, 3.05) is 7.05 Å². The Balaban J connectivity index is 2.07.